The number of hydrogen-bond acceptors (Lipinski definition) is 5. The molecular formula is C15H17NO5. The first-order chi connectivity index (χ1) is 9.92. The predicted molar refractivity (Wildman–Crippen MR) is 75.7 cm³/mol. The number of rotatable bonds is 3. The fraction of sp³-hybridized carbons (Fsp3) is 0.400. The van der Waals surface area contributed by atoms with Crippen molar-refractivity contribution in [2.75, 3.05) is 12.4 Å². The monoisotopic (exact) mass is 291 g/mol. The fourth-order valence-electron chi connectivity index (χ4n) is 2.23. The minimum Gasteiger partial charge on any atom is -0.465 e. The molecule has 1 aromatic carbocycles. The highest BCUT2D eigenvalue weighted by Crippen LogP contribution is 2.29. The van der Waals surface area contributed by atoms with E-state index in [4.69, 9.17) is 9.47 Å². The summed E-state index contributed by atoms with van der Waals surface area (Å²) < 4.78 is 9.69. The van der Waals surface area contributed by atoms with Crippen molar-refractivity contribution in [2.45, 2.75) is 32.8 Å². The van der Waals surface area contributed by atoms with Gasteiger partial charge in [-0.25, -0.2) is 9.59 Å². The number of esters is 1. The number of carbonyl (C=O) groups excluding carboxylic acids is 3. The number of carbonyl (C=O) groups is 3. The third-order valence-corrected chi connectivity index (χ3v) is 3.15. The van der Waals surface area contributed by atoms with Crippen LogP contribution >= 0.6 is 0 Å². The normalized spacial score (nSPS) is 13.0. The lowest BCUT2D eigenvalue weighted by Gasteiger charge is -2.13. The van der Waals surface area contributed by atoms with Crippen LogP contribution in [0.5, 0.6) is 0 Å². The van der Waals surface area contributed by atoms with E-state index >= 15 is 0 Å². The maximum absolute atomic E-state index is 11.8. The standard InChI is InChI=1S/C15H17NO5/c1-8(2)21-15(19)16-12-7-10-9(4-5-13(10)17)6-11(12)14(18)20-3/h6-8H,4-5H2,1-3H3,(H,16,19). The zero-order valence-electron chi connectivity index (χ0n) is 12.2. The molecule has 1 aromatic rings. The molecule has 2 rings (SSSR count). The van der Waals surface area contributed by atoms with Gasteiger partial charge in [0.05, 0.1) is 24.5 Å². The second-order valence-corrected chi connectivity index (χ2v) is 5.05. The van der Waals surface area contributed by atoms with Crippen LogP contribution < -0.4 is 5.32 Å². The Bertz CT molecular complexity index is 606. The Hall–Kier alpha value is -2.37. The van der Waals surface area contributed by atoms with E-state index in [1.165, 1.54) is 13.2 Å². The summed E-state index contributed by atoms with van der Waals surface area (Å²) in [6.07, 6.45) is 0.0354. The van der Waals surface area contributed by atoms with Gasteiger partial charge in [0.1, 0.15) is 0 Å². The summed E-state index contributed by atoms with van der Waals surface area (Å²) in [4.78, 5) is 35.3. The molecule has 21 heavy (non-hydrogen) atoms. The van der Waals surface area contributed by atoms with Gasteiger partial charge in [-0.15, -0.1) is 0 Å². The number of fused-ring (bicyclic) bond motifs is 1. The quantitative estimate of drug-likeness (QED) is 0.865. The number of ether oxygens (including phenoxy) is 2. The second kappa shape index (κ2) is 5.95. The van der Waals surface area contributed by atoms with Gasteiger partial charge < -0.3 is 9.47 Å². The smallest absolute Gasteiger partial charge is 0.411 e. The Labute approximate surface area is 122 Å². The van der Waals surface area contributed by atoms with Crippen LogP contribution in [0.2, 0.25) is 0 Å². The maximum atomic E-state index is 11.8. The first kappa shape index (κ1) is 15.0. The van der Waals surface area contributed by atoms with E-state index in [0.29, 0.717) is 18.4 Å². The zero-order chi connectivity index (χ0) is 15.6. The molecule has 0 atom stereocenters. The Balaban J connectivity index is 2.37. The van der Waals surface area contributed by atoms with Crippen LogP contribution in [0.3, 0.4) is 0 Å². The summed E-state index contributed by atoms with van der Waals surface area (Å²) in [5.74, 6) is -0.571. The SMILES string of the molecule is COC(=O)c1cc2c(cc1NC(=O)OC(C)C)C(=O)CC2. The maximum Gasteiger partial charge on any atom is 0.411 e. The van der Waals surface area contributed by atoms with Crippen molar-refractivity contribution in [3.05, 3.63) is 28.8 Å². The molecule has 112 valence electrons. The number of benzene rings is 1. The van der Waals surface area contributed by atoms with E-state index in [1.807, 2.05) is 0 Å². The van der Waals surface area contributed by atoms with Crippen molar-refractivity contribution in [2.24, 2.45) is 0 Å². The molecule has 0 saturated carbocycles. The molecule has 0 unspecified atom stereocenters. The van der Waals surface area contributed by atoms with E-state index in [1.54, 1.807) is 19.9 Å². The lowest BCUT2D eigenvalue weighted by Crippen LogP contribution is -2.20. The Morgan fingerprint density at radius 2 is 1.95 bits per heavy atom. The molecule has 1 N–H and O–H groups in total. The van der Waals surface area contributed by atoms with Crippen molar-refractivity contribution in [1.82, 2.24) is 0 Å². The lowest BCUT2D eigenvalue weighted by molar-refractivity contribution is 0.0601. The van der Waals surface area contributed by atoms with Crippen molar-refractivity contribution in [3.8, 4) is 0 Å². The van der Waals surface area contributed by atoms with Crippen LogP contribution in [0.15, 0.2) is 12.1 Å². The summed E-state index contributed by atoms with van der Waals surface area (Å²) >= 11 is 0. The summed E-state index contributed by atoms with van der Waals surface area (Å²) in [5, 5.41) is 2.49. The fourth-order valence-corrected chi connectivity index (χ4v) is 2.23. The van der Waals surface area contributed by atoms with Gasteiger partial charge in [0.25, 0.3) is 0 Å². The number of ketones is 1. The van der Waals surface area contributed by atoms with Gasteiger partial charge >= 0.3 is 12.1 Å². The van der Waals surface area contributed by atoms with Gasteiger partial charge in [-0.3, -0.25) is 10.1 Å². The number of nitrogens with one attached hydrogen (secondary N) is 1. The van der Waals surface area contributed by atoms with Gasteiger partial charge in [0, 0.05) is 12.0 Å². The molecule has 0 spiro atoms. The van der Waals surface area contributed by atoms with Crippen molar-refractivity contribution < 1.29 is 23.9 Å². The predicted octanol–water partition coefficient (Wildman–Crippen LogP) is 2.56. The van der Waals surface area contributed by atoms with Crippen LogP contribution in [0.4, 0.5) is 10.5 Å². The van der Waals surface area contributed by atoms with E-state index in [2.05, 4.69) is 5.32 Å². The lowest BCUT2D eigenvalue weighted by atomic mass is 10.0. The molecule has 1 amide bonds. The van der Waals surface area contributed by atoms with E-state index < -0.39 is 12.1 Å². The summed E-state index contributed by atoms with van der Waals surface area (Å²) in [6.45, 7) is 3.43. The average Bonchev–Trinajstić information content (AvgIpc) is 2.77. The summed E-state index contributed by atoms with van der Waals surface area (Å²) in [6, 6.07) is 3.11. The molecule has 0 aliphatic heterocycles. The van der Waals surface area contributed by atoms with E-state index in [0.717, 1.165) is 5.56 Å². The van der Waals surface area contributed by atoms with Gasteiger partial charge in [-0.2, -0.15) is 0 Å². The molecule has 0 bridgehead atoms. The highest BCUT2D eigenvalue weighted by molar-refractivity contribution is 6.06. The second-order valence-electron chi connectivity index (χ2n) is 5.05. The number of aryl methyl sites for hydroxylation is 1. The van der Waals surface area contributed by atoms with Crippen molar-refractivity contribution >= 4 is 23.5 Å². The highest BCUT2D eigenvalue weighted by Gasteiger charge is 2.25. The Kier molecular flexibility index (Phi) is 4.26. The average molecular weight is 291 g/mol. The number of anilines is 1. The minimum absolute atomic E-state index is 0.00157. The Morgan fingerprint density at radius 3 is 2.57 bits per heavy atom. The van der Waals surface area contributed by atoms with Crippen LogP contribution in [0.25, 0.3) is 0 Å². The number of methoxy groups -OCH3 is 1. The Morgan fingerprint density at radius 1 is 1.24 bits per heavy atom. The zero-order valence-corrected chi connectivity index (χ0v) is 12.2. The molecule has 1 aliphatic carbocycles. The summed E-state index contributed by atoms with van der Waals surface area (Å²) in [7, 11) is 1.26. The van der Waals surface area contributed by atoms with E-state index in [9.17, 15) is 14.4 Å². The van der Waals surface area contributed by atoms with Crippen LogP contribution in [-0.4, -0.2) is 31.1 Å². The van der Waals surface area contributed by atoms with Gasteiger partial charge in [-0.05, 0) is 38.0 Å². The van der Waals surface area contributed by atoms with Crippen LogP contribution in [0, 0.1) is 0 Å². The molecule has 0 aromatic heterocycles. The molecule has 0 radical (unpaired) electrons. The van der Waals surface area contributed by atoms with Crippen LogP contribution in [0.1, 0.15) is 46.5 Å². The molecule has 6 heteroatoms. The van der Waals surface area contributed by atoms with Gasteiger partial charge in [0.15, 0.2) is 5.78 Å². The van der Waals surface area contributed by atoms with Crippen molar-refractivity contribution in [1.29, 1.82) is 0 Å². The molecule has 6 nitrogen and oxygen atoms in total. The molecule has 1 aliphatic rings. The highest BCUT2D eigenvalue weighted by atomic mass is 16.6. The number of Topliss-reactive ketones (excluding diaryl/α,β-unsaturated/α-hetero) is 1. The van der Waals surface area contributed by atoms with Gasteiger partial charge in [-0.1, -0.05) is 0 Å². The van der Waals surface area contributed by atoms with Gasteiger partial charge in [0.2, 0.25) is 0 Å². The first-order valence-electron chi connectivity index (χ1n) is 6.68. The third-order valence-electron chi connectivity index (χ3n) is 3.15. The first-order valence-corrected chi connectivity index (χ1v) is 6.68. The van der Waals surface area contributed by atoms with Crippen LogP contribution in [-0.2, 0) is 15.9 Å². The minimum atomic E-state index is -0.680. The molecule has 0 heterocycles. The molecule has 0 saturated heterocycles. The van der Waals surface area contributed by atoms with E-state index in [-0.39, 0.29) is 23.1 Å². The number of amides is 1. The largest absolute Gasteiger partial charge is 0.465 e. The topological polar surface area (TPSA) is 81.7 Å². The number of hydrogen-bond donors (Lipinski definition) is 1. The summed E-state index contributed by atoms with van der Waals surface area (Å²) in [5.41, 5.74) is 1.76. The molecule has 0 fully saturated rings. The van der Waals surface area contributed by atoms with Crippen molar-refractivity contribution in [3.63, 3.8) is 0 Å². The third kappa shape index (κ3) is 3.21. The molecular weight excluding hydrogens is 274 g/mol.